The molecule has 3 heterocycles. The van der Waals surface area contributed by atoms with Crippen LogP contribution < -0.4 is 16.0 Å². The van der Waals surface area contributed by atoms with Gasteiger partial charge in [0.15, 0.2) is 0 Å². The number of benzene rings is 1. The number of ether oxygens (including phenoxy) is 1. The number of amides is 1. The van der Waals surface area contributed by atoms with Gasteiger partial charge in [0, 0.05) is 29.7 Å². The molecule has 10 heteroatoms. The maximum atomic E-state index is 11.5. The number of nitrogens with one attached hydrogen (secondary N) is 4. The average Bonchev–Trinajstić information content (AvgIpc) is 3.17. The molecule has 152 valence electrons. The number of anilines is 2. The summed E-state index contributed by atoms with van der Waals surface area (Å²) in [6.45, 7) is 1.93. The number of rotatable bonds is 4. The highest BCUT2D eigenvalue weighted by atomic mass is 79.9. The molecule has 4 N–H and O–H groups in total. The van der Waals surface area contributed by atoms with Gasteiger partial charge in [-0.3, -0.25) is 5.32 Å². The summed E-state index contributed by atoms with van der Waals surface area (Å²) in [6, 6.07) is 3.98. The molecule has 0 radical (unpaired) electrons. The van der Waals surface area contributed by atoms with Crippen molar-refractivity contribution in [3.63, 3.8) is 0 Å². The summed E-state index contributed by atoms with van der Waals surface area (Å²) in [6.07, 6.45) is 5.12. The molecule has 0 saturated carbocycles. The van der Waals surface area contributed by atoms with Crippen LogP contribution in [0.25, 0.3) is 22.2 Å². The number of aromatic amines is 1. The third kappa shape index (κ3) is 4.17. The first-order chi connectivity index (χ1) is 14.1. The number of hydrogen-bond acceptors (Lipinski definition) is 6. The largest absolute Gasteiger partial charge is 0.453 e. The molecule has 1 atom stereocenters. The highest BCUT2D eigenvalue weighted by Crippen LogP contribution is 2.38. The van der Waals surface area contributed by atoms with Crippen LogP contribution in [0.15, 0.2) is 29.0 Å². The Morgan fingerprint density at radius 3 is 3.03 bits per heavy atom. The van der Waals surface area contributed by atoms with Gasteiger partial charge in [-0.15, -0.1) is 0 Å². The third-order valence-electron chi connectivity index (χ3n) is 4.84. The zero-order valence-corrected chi connectivity index (χ0v) is 18.0. The lowest BCUT2D eigenvalue weighted by molar-refractivity contribution is 0.187. The quantitative estimate of drug-likeness (QED) is 0.443. The second kappa shape index (κ2) is 8.56. The number of nitrogens with zero attached hydrogens (tertiary/aromatic N) is 2. The molecule has 1 fully saturated rings. The number of hydrogen-bond donors (Lipinski definition) is 4. The van der Waals surface area contributed by atoms with Crippen molar-refractivity contribution in [2.45, 2.75) is 18.9 Å². The van der Waals surface area contributed by atoms with E-state index in [-0.39, 0.29) is 0 Å². The number of fused-ring (bicyclic) bond motifs is 1. The lowest BCUT2D eigenvalue weighted by atomic mass is 10.1. The zero-order valence-electron chi connectivity index (χ0n) is 15.7. The van der Waals surface area contributed by atoms with Crippen molar-refractivity contribution in [1.82, 2.24) is 20.3 Å². The summed E-state index contributed by atoms with van der Waals surface area (Å²) < 4.78 is 5.37. The highest BCUT2D eigenvalue weighted by Gasteiger charge is 2.18. The Bertz CT molecular complexity index is 1050. The Labute approximate surface area is 180 Å². The topological polar surface area (TPSA) is 104 Å². The van der Waals surface area contributed by atoms with E-state index < -0.39 is 6.09 Å². The van der Waals surface area contributed by atoms with Gasteiger partial charge >= 0.3 is 6.09 Å². The summed E-state index contributed by atoms with van der Waals surface area (Å²) >= 11 is 9.96. The van der Waals surface area contributed by atoms with Gasteiger partial charge in [0.25, 0.3) is 0 Å². The highest BCUT2D eigenvalue weighted by molar-refractivity contribution is 9.10. The minimum Gasteiger partial charge on any atom is -0.453 e. The number of piperidine rings is 1. The molecule has 0 aliphatic carbocycles. The molecule has 2 aromatic heterocycles. The standard InChI is InChI=1S/C19H20BrClN6O2/c1-29-19(28)26-14-5-4-11-12(8-23-17(11)15(14)20)16-13(21)9-24-18(27-16)25-10-3-2-6-22-7-10/h4-5,8-10,22-23H,2-3,6-7H2,1H3,(H,26,28)(H,24,25,27)/t10-/m0/s1. The van der Waals surface area contributed by atoms with Gasteiger partial charge in [-0.05, 0) is 41.4 Å². The average molecular weight is 480 g/mol. The van der Waals surface area contributed by atoms with Gasteiger partial charge in [-0.2, -0.15) is 0 Å². The van der Waals surface area contributed by atoms with Crippen molar-refractivity contribution in [2.24, 2.45) is 0 Å². The molecule has 1 aliphatic rings. The van der Waals surface area contributed by atoms with Crippen molar-refractivity contribution in [3.05, 3.63) is 34.0 Å². The number of carbonyl (C=O) groups excluding carboxylic acids is 1. The molecule has 0 bridgehead atoms. The molecule has 1 saturated heterocycles. The van der Waals surface area contributed by atoms with Crippen LogP contribution in [0.3, 0.4) is 0 Å². The van der Waals surface area contributed by atoms with Gasteiger partial charge in [0.2, 0.25) is 5.95 Å². The van der Waals surface area contributed by atoms with Crippen LogP contribution in [0.5, 0.6) is 0 Å². The second-order valence-corrected chi connectivity index (χ2v) is 7.95. The summed E-state index contributed by atoms with van der Waals surface area (Å²) in [5, 5.41) is 10.8. The monoisotopic (exact) mass is 478 g/mol. The van der Waals surface area contributed by atoms with Crippen molar-refractivity contribution < 1.29 is 9.53 Å². The van der Waals surface area contributed by atoms with Crippen LogP contribution in [-0.2, 0) is 4.74 Å². The molecule has 1 amide bonds. The van der Waals surface area contributed by atoms with Gasteiger partial charge in [0.05, 0.1) is 39.7 Å². The Balaban J connectivity index is 1.68. The van der Waals surface area contributed by atoms with Gasteiger partial charge in [-0.25, -0.2) is 14.8 Å². The van der Waals surface area contributed by atoms with Gasteiger partial charge in [0.1, 0.15) is 0 Å². The van der Waals surface area contributed by atoms with E-state index in [9.17, 15) is 4.79 Å². The van der Waals surface area contributed by atoms with Crippen molar-refractivity contribution >= 4 is 56.2 Å². The number of methoxy groups -OCH3 is 1. The number of carbonyl (C=O) groups is 1. The van der Waals surface area contributed by atoms with E-state index >= 15 is 0 Å². The van der Waals surface area contributed by atoms with Crippen LogP contribution in [0, 0.1) is 0 Å². The predicted octanol–water partition coefficient (Wildman–Crippen LogP) is 4.38. The molecule has 1 aliphatic heterocycles. The van der Waals surface area contributed by atoms with Crippen molar-refractivity contribution in [2.75, 3.05) is 30.8 Å². The number of H-pyrrole nitrogens is 1. The van der Waals surface area contributed by atoms with E-state index in [1.165, 1.54) is 7.11 Å². The smallest absolute Gasteiger partial charge is 0.411 e. The van der Waals surface area contributed by atoms with Crippen LogP contribution >= 0.6 is 27.5 Å². The molecular weight excluding hydrogens is 460 g/mol. The predicted molar refractivity (Wildman–Crippen MR) is 118 cm³/mol. The number of halogens is 2. The van der Waals surface area contributed by atoms with Gasteiger partial charge in [-0.1, -0.05) is 17.7 Å². The Hall–Kier alpha value is -2.36. The maximum Gasteiger partial charge on any atom is 0.411 e. The molecule has 3 aromatic rings. The molecule has 0 spiro atoms. The lowest BCUT2D eigenvalue weighted by Gasteiger charge is -2.23. The first kappa shape index (κ1) is 19.9. The van der Waals surface area contributed by atoms with Crippen LogP contribution in [0.4, 0.5) is 16.4 Å². The van der Waals surface area contributed by atoms with E-state index in [2.05, 4.69) is 51.6 Å². The summed E-state index contributed by atoms with van der Waals surface area (Å²) in [5.74, 6) is 0.551. The third-order valence-corrected chi connectivity index (χ3v) is 5.94. The normalized spacial score (nSPS) is 16.6. The van der Waals surface area contributed by atoms with Gasteiger partial charge < -0.3 is 20.4 Å². The minimum absolute atomic E-state index is 0.293. The Kier molecular flexibility index (Phi) is 5.89. The Morgan fingerprint density at radius 2 is 2.28 bits per heavy atom. The van der Waals surface area contributed by atoms with Crippen LogP contribution in [-0.4, -0.2) is 47.3 Å². The van der Waals surface area contributed by atoms with E-state index in [0.717, 1.165) is 42.4 Å². The first-order valence-corrected chi connectivity index (χ1v) is 10.4. The van der Waals surface area contributed by atoms with Crippen LogP contribution in [0.2, 0.25) is 5.02 Å². The molecule has 0 unspecified atom stereocenters. The van der Waals surface area contributed by atoms with Crippen molar-refractivity contribution in [3.8, 4) is 11.3 Å². The fourth-order valence-corrected chi connectivity index (χ4v) is 4.15. The summed E-state index contributed by atoms with van der Waals surface area (Å²) in [5.41, 5.74) is 2.90. The molecular formula is C19H20BrClN6O2. The minimum atomic E-state index is -0.538. The van der Waals surface area contributed by atoms with E-state index in [1.54, 1.807) is 12.3 Å². The van der Waals surface area contributed by atoms with Crippen molar-refractivity contribution in [1.29, 1.82) is 0 Å². The fraction of sp³-hybridized carbons (Fsp3) is 0.316. The number of aromatic nitrogens is 3. The summed E-state index contributed by atoms with van der Waals surface area (Å²) in [7, 11) is 1.32. The first-order valence-electron chi connectivity index (χ1n) is 9.21. The Morgan fingerprint density at radius 1 is 1.41 bits per heavy atom. The molecule has 29 heavy (non-hydrogen) atoms. The molecule has 1 aromatic carbocycles. The zero-order chi connectivity index (χ0) is 20.4. The van der Waals surface area contributed by atoms with E-state index in [1.807, 2.05) is 12.3 Å². The summed E-state index contributed by atoms with van der Waals surface area (Å²) in [4.78, 5) is 23.8. The maximum absolute atomic E-state index is 11.5. The lowest BCUT2D eigenvalue weighted by Crippen LogP contribution is -2.38. The van der Waals surface area contributed by atoms with E-state index in [0.29, 0.717) is 32.9 Å². The second-order valence-electron chi connectivity index (χ2n) is 6.75. The molecule has 8 nitrogen and oxygen atoms in total. The van der Waals surface area contributed by atoms with Crippen LogP contribution in [0.1, 0.15) is 12.8 Å². The van der Waals surface area contributed by atoms with E-state index in [4.69, 9.17) is 11.6 Å². The molecule has 4 rings (SSSR count). The SMILES string of the molecule is COC(=O)Nc1ccc2c(-c3nc(N[C@H]4CCCNC4)ncc3Cl)c[nH]c2c1Br. The fourth-order valence-electron chi connectivity index (χ4n) is 3.40.